The number of para-hydroxylation sites is 2. The predicted molar refractivity (Wildman–Crippen MR) is 99.0 cm³/mol. The van der Waals surface area contributed by atoms with E-state index in [4.69, 9.17) is 14.7 Å². The van der Waals surface area contributed by atoms with Crippen molar-refractivity contribution in [3.63, 3.8) is 0 Å². The summed E-state index contributed by atoms with van der Waals surface area (Å²) in [6, 6.07) is 8.00. The first-order valence-corrected chi connectivity index (χ1v) is 9.57. The number of amides is 1. The first-order chi connectivity index (χ1) is 12.4. The van der Waals surface area contributed by atoms with E-state index in [1.54, 1.807) is 0 Å². The number of carbonyl (C=O) groups excluding carboxylic acids is 1. The Balaban J connectivity index is 1.75. The maximum atomic E-state index is 13.8. The second-order valence-electron chi connectivity index (χ2n) is 8.68. The smallest absolute Gasteiger partial charge is 0.235 e. The van der Waals surface area contributed by atoms with Crippen LogP contribution < -0.4 is 0 Å². The lowest BCUT2D eigenvalue weighted by atomic mass is 9.63. The standard InChI is InChI=1S/C21H25N3O2/c1-19(2)20(3)8-9-21(19,18(25)24-10-12-26-13-11-24)17-16(20)22-14-6-4-5-7-15(14)23-17/h4-7H,8-13H2,1-3H3. The van der Waals surface area contributed by atoms with Gasteiger partial charge in [0.25, 0.3) is 0 Å². The van der Waals surface area contributed by atoms with Crippen molar-refractivity contribution in [3.05, 3.63) is 35.7 Å². The van der Waals surface area contributed by atoms with E-state index in [9.17, 15) is 4.79 Å². The summed E-state index contributed by atoms with van der Waals surface area (Å²) in [5, 5.41) is 0. The van der Waals surface area contributed by atoms with Gasteiger partial charge >= 0.3 is 0 Å². The lowest BCUT2D eigenvalue weighted by molar-refractivity contribution is -0.145. The third-order valence-corrected chi connectivity index (χ3v) is 7.61. The fourth-order valence-corrected chi connectivity index (χ4v) is 5.56. The van der Waals surface area contributed by atoms with E-state index in [0.717, 1.165) is 35.3 Å². The highest BCUT2D eigenvalue weighted by atomic mass is 16.5. The average Bonchev–Trinajstić information content (AvgIpc) is 2.96. The molecule has 0 radical (unpaired) electrons. The van der Waals surface area contributed by atoms with Gasteiger partial charge in [-0.15, -0.1) is 0 Å². The van der Waals surface area contributed by atoms with Gasteiger partial charge in [-0.25, -0.2) is 9.97 Å². The molecule has 1 saturated carbocycles. The molecule has 1 aromatic heterocycles. The number of aromatic nitrogens is 2. The van der Waals surface area contributed by atoms with Crippen molar-refractivity contribution >= 4 is 16.9 Å². The molecule has 5 nitrogen and oxygen atoms in total. The summed E-state index contributed by atoms with van der Waals surface area (Å²) in [5.74, 6) is 0.220. The summed E-state index contributed by atoms with van der Waals surface area (Å²) in [6.07, 6.45) is 1.84. The van der Waals surface area contributed by atoms with Crippen LogP contribution in [-0.2, 0) is 20.4 Å². The Morgan fingerprint density at radius 1 is 1.00 bits per heavy atom. The SMILES string of the molecule is CC12CCC(C(=O)N3CCOCC3)(c3nc4ccccc4nc31)C2(C)C. The minimum Gasteiger partial charge on any atom is -0.378 e. The van der Waals surface area contributed by atoms with Gasteiger partial charge in [-0.2, -0.15) is 0 Å². The van der Waals surface area contributed by atoms with Gasteiger partial charge in [0, 0.05) is 18.5 Å². The predicted octanol–water partition coefficient (Wildman–Crippen LogP) is 2.82. The van der Waals surface area contributed by atoms with E-state index in [0.29, 0.717) is 26.3 Å². The third-order valence-electron chi connectivity index (χ3n) is 7.61. The fourth-order valence-electron chi connectivity index (χ4n) is 5.56. The Bertz CT molecular complexity index is 919. The van der Waals surface area contributed by atoms with Crippen LogP contribution in [0.4, 0.5) is 0 Å². The van der Waals surface area contributed by atoms with E-state index in [-0.39, 0.29) is 16.7 Å². The number of benzene rings is 1. The van der Waals surface area contributed by atoms with Gasteiger partial charge in [-0.05, 0) is 30.4 Å². The van der Waals surface area contributed by atoms with Gasteiger partial charge in [0.2, 0.25) is 5.91 Å². The molecule has 2 aliphatic carbocycles. The molecule has 1 saturated heterocycles. The lowest BCUT2D eigenvalue weighted by Gasteiger charge is -2.43. The Hall–Kier alpha value is -2.01. The maximum absolute atomic E-state index is 13.8. The van der Waals surface area contributed by atoms with Crippen LogP contribution in [0.5, 0.6) is 0 Å². The molecule has 1 aromatic carbocycles. The molecule has 2 atom stereocenters. The van der Waals surface area contributed by atoms with Gasteiger partial charge in [-0.1, -0.05) is 32.9 Å². The van der Waals surface area contributed by atoms with Crippen LogP contribution in [0.25, 0.3) is 11.0 Å². The summed E-state index contributed by atoms with van der Waals surface area (Å²) in [4.78, 5) is 25.9. The van der Waals surface area contributed by atoms with Crippen LogP contribution in [-0.4, -0.2) is 47.1 Å². The van der Waals surface area contributed by atoms with Crippen molar-refractivity contribution in [2.45, 2.75) is 44.4 Å². The van der Waals surface area contributed by atoms with Crippen molar-refractivity contribution in [3.8, 4) is 0 Å². The van der Waals surface area contributed by atoms with E-state index in [2.05, 4.69) is 20.8 Å². The molecule has 2 heterocycles. The number of rotatable bonds is 1. The second-order valence-corrected chi connectivity index (χ2v) is 8.68. The van der Waals surface area contributed by atoms with E-state index in [1.807, 2.05) is 29.2 Å². The summed E-state index contributed by atoms with van der Waals surface area (Å²) < 4.78 is 5.47. The molecule has 1 amide bonds. The largest absolute Gasteiger partial charge is 0.378 e. The molecule has 5 heteroatoms. The van der Waals surface area contributed by atoms with Gasteiger partial charge < -0.3 is 9.64 Å². The zero-order valence-electron chi connectivity index (χ0n) is 15.7. The van der Waals surface area contributed by atoms with E-state index >= 15 is 0 Å². The number of carbonyl (C=O) groups is 1. The van der Waals surface area contributed by atoms with Gasteiger partial charge in [-0.3, -0.25) is 4.79 Å². The maximum Gasteiger partial charge on any atom is 0.235 e. The minimum atomic E-state index is -0.578. The van der Waals surface area contributed by atoms with Crippen molar-refractivity contribution in [2.75, 3.05) is 26.3 Å². The fraction of sp³-hybridized carbons (Fsp3) is 0.571. The molecule has 0 N–H and O–H groups in total. The normalized spacial score (nSPS) is 32.0. The van der Waals surface area contributed by atoms with Gasteiger partial charge in [0.1, 0.15) is 0 Å². The number of fused-ring (bicyclic) bond motifs is 6. The van der Waals surface area contributed by atoms with Crippen molar-refractivity contribution in [1.29, 1.82) is 0 Å². The molecular formula is C21H25N3O2. The molecule has 2 aromatic rings. The third kappa shape index (κ3) is 1.68. The van der Waals surface area contributed by atoms with Crippen molar-refractivity contribution in [1.82, 2.24) is 14.9 Å². The molecule has 136 valence electrons. The van der Waals surface area contributed by atoms with Gasteiger partial charge in [0.15, 0.2) is 0 Å². The molecule has 3 aliphatic rings. The van der Waals surface area contributed by atoms with Crippen LogP contribution in [0.3, 0.4) is 0 Å². The van der Waals surface area contributed by atoms with Gasteiger partial charge in [0.05, 0.1) is 41.1 Å². The monoisotopic (exact) mass is 351 g/mol. The second kappa shape index (κ2) is 5.03. The molecule has 2 fully saturated rings. The lowest BCUT2D eigenvalue weighted by Crippen LogP contribution is -2.55. The van der Waals surface area contributed by atoms with Crippen LogP contribution in [0, 0.1) is 5.41 Å². The molecule has 2 bridgehead atoms. The first kappa shape index (κ1) is 16.2. The first-order valence-electron chi connectivity index (χ1n) is 9.57. The van der Waals surface area contributed by atoms with Crippen molar-refractivity contribution in [2.24, 2.45) is 5.41 Å². The Kier molecular flexibility index (Phi) is 3.13. The zero-order valence-corrected chi connectivity index (χ0v) is 15.7. The Morgan fingerprint density at radius 2 is 1.62 bits per heavy atom. The number of ether oxygens (including phenoxy) is 1. The quantitative estimate of drug-likeness (QED) is 0.793. The number of nitrogens with zero attached hydrogens (tertiary/aromatic N) is 3. The molecule has 1 aliphatic heterocycles. The summed E-state index contributed by atoms with van der Waals surface area (Å²) in [5.41, 5.74) is 2.85. The summed E-state index contributed by atoms with van der Waals surface area (Å²) in [7, 11) is 0. The number of morpholine rings is 1. The molecule has 2 unspecified atom stereocenters. The highest BCUT2D eigenvalue weighted by Crippen LogP contribution is 2.70. The van der Waals surface area contributed by atoms with Crippen LogP contribution >= 0.6 is 0 Å². The van der Waals surface area contributed by atoms with Crippen LogP contribution in [0.15, 0.2) is 24.3 Å². The average molecular weight is 351 g/mol. The zero-order chi connectivity index (χ0) is 18.2. The summed E-state index contributed by atoms with van der Waals surface area (Å²) >= 11 is 0. The molecule has 0 spiro atoms. The topological polar surface area (TPSA) is 55.3 Å². The minimum absolute atomic E-state index is 0.124. The molecular weight excluding hydrogens is 326 g/mol. The highest BCUT2D eigenvalue weighted by Gasteiger charge is 2.73. The molecule has 26 heavy (non-hydrogen) atoms. The van der Waals surface area contributed by atoms with E-state index in [1.165, 1.54) is 0 Å². The number of hydrogen-bond acceptors (Lipinski definition) is 4. The number of hydrogen-bond donors (Lipinski definition) is 0. The Morgan fingerprint density at radius 3 is 2.27 bits per heavy atom. The Labute approximate surface area is 153 Å². The van der Waals surface area contributed by atoms with Crippen molar-refractivity contribution < 1.29 is 9.53 Å². The summed E-state index contributed by atoms with van der Waals surface area (Å²) in [6.45, 7) is 9.34. The van der Waals surface area contributed by atoms with E-state index < -0.39 is 5.41 Å². The molecule has 5 rings (SSSR count). The van der Waals surface area contributed by atoms with Crippen LogP contribution in [0.2, 0.25) is 0 Å². The van der Waals surface area contributed by atoms with Crippen LogP contribution in [0.1, 0.15) is 45.0 Å². The highest BCUT2D eigenvalue weighted by molar-refractivity contribution is 5.93.